The Morgan fingerprint density at radius 1 is 1.26 bits per heavy atom. The van der Waals surface area contributed by atoms with E-state index in [9.17, 15) is 0 Å². The molecule has 3 rings (SSSR count). The number of para-hydroxylation sites is 2. The van der Waals surface area contributed by atoms with E-state index in [1.54, 1.807) is 11.8 Å². The van der Waals surface area contributed by atoms with Crippen LogP contribution >= 0.6 is 0 Å². The van der Waals surface area contributed by atoms with Gasteiger partial charge in [0.2, 0.25) is 11.8 Å². The first-order valence-corrected chi connectivity index (χ1v) is 7.91. The molecule has 23 heavy (non-hydrogen) atoms. The normalized spacial score (nSPS) is 11.1. The predicted molar refractivity (Wildman–Crippen MR) is 91.8 cm³/mol. The van der Waals surface area contributed by atoms with Gasteiger partial charge in [-0.2, -0.15) is 5.10 Å². The SMILES string of the molecule is CCCn1c(NCc2c(C)nn(C)c2OC)nc2ccccc21. The van der Waals surface area contributed by atoms with Crippen LogP contribution in [0.5, 0.6) is 5.88 Å². The topological polar surface area (TPSA) is 56.9 Å². The molecule has 0 fully saturated rings. The number of ether oxygens (including phenoxy) is 1. The number of aromatic nitrogens is 4. The van der Waals surface area contributed by atoms with Crippen LogP contribution in [0.2, 0.25) is 0 Å². The monoisotopic (exact) mass is 313 g/mol. The molecule has 0 unspecified atom stereocenters. The van der Waals surface area contributed by atoms with Crippen LogP contribution in [0.4, 0.5) is 5.95 Å². The minimum atomic E-state index is 0.635. The van der Waals surface area contributed by atoms with Gasteiger partial charge in [-0.1, -0.05) is 19.1 Å². The molecule has 1 aromatic carbocycles. The van der Waals surface area contributed by atoms with E-state index >= 15 is 0 Å². The van der Waals surface area contributed by atoms with Gasteiger partial charge in [0.15, 0.2) is 0 Å². The highest BCUT2D eigenvalue weighted by Gasteiger charge is 2.15. The summed E-state index contributed by atoms with van der Waals surface area (Å²) in [6.07, 6.45) is 1.06. The second-order valence-electron chi connectivity index (χ2n) is 5.63. The molecule has 1 N–H and O–H groups in total. The third-order valence-electron chi connectivity index (χ3n) is 4.01. The molecular formula is C17H23N5O. The second-order valence-corrected chi connectivity index (χ2v) is 5.63. The largest absolute Gasteiger partial charge is 0.481 e. The highest BCUT2D eigenvalue weighted by molar-refractivity contribution is 5.78. The second kappa shape index (κ2) is 6.32. The summed E-state index contributed by atoms with van der Waals surface area (Å²) in [5.41, 5.74) is 4.20. The Kier molecular flexibility index (Phi) is 4.23. The molecule has 3 aromatic rings. The van der Waals surface area contributed by atoms with Crippen LogP contribution in [0.1, 0.15) is 24.6 Å². The lowest BCUT2D eigenvalue weighted by atomic mass is 10.2. The Bertz CT molecular complexity index is 818. The first kappa shape index (κ1) is 15.4. The number of methoxy groups -OCH3 is 1. The molecule has 0 radical (unpaired) electrons. The molecule has 122 valence electrons. The van der Waals surface area contributed by atoms with E-state index in [1.807, 2.05) is 32.2 Å². The molecule has 2 aromatic heterocycles. The minimum Gasteiger partial charge on any atom is -0.481 e. The Balaban J connectivity index is 1.91. The van der Waals surface area contributed by atoms with Crippen molar-refractivity contribution in [1.82, 2.24) is 19.3 Å². The summed E-state index contributed by atoms with van der Waals surface area (Å²) in [7, 11) is 3.56. The van der Waals surface area contributed by atoms with Gasteiger partial charge in [0, 0.05) is 13.6 Å². The number of nitrogens with one attached hydrogen (secondary N) is 1. The molecule has 0 saturated heterocycles. The van der Waals surface area contributed by atoms with Crippen molar-refractivity contribution in [2.45, 2.75) is 33.4 Å². The van der Waals surface area contributed by atoms with Crippen molar-refractivity contribution >= 4 is 17.0 Å². The lowest BCUT2D eigenvalue weighted by Gasteiger charge is -2.10. The van der Waals surface area contributed by atoms with Crippen LogP contribution in [0.15, 0.2) is 24.3 Å². The highest BCUT2D eigenvalue weighted by atomic mass is 16.5. The predicted octanol–water partition coefficient (Wildman–Crippen LogP) is 3.11. The maximum absolute atomic E-state index is 5.46. The summed E-state index contributed by atoms with van der Waals surface area (Å²) in [5.74, 6) is 1.67. The fourth-order valence-corrected chi connectivity index (χ4v) is 2.97. The highest BCUT2D eigenvalue weighted by Crippen LogP contribution is 2.24. The fraction of sp³-hybridized carbons (Fsp3) is 0.412. The third-order valence-corrected chi connectivity index (χ3v) is 4.01. The summed E-state index contributed by atoms with van der Waals surface area (Å²) in [5, 5.41) is 7.87. The van der Waals surface area contributed by atoms with Crippen LogP contribution in [-0.4, -0.2) is 26.4 Å². The number of aryl methyl sites for hydroxylation is 3. The van der Waals surface area contributed by atoms with Crippen molar-refractivity contribution < 1.29 is 4.74 Å². The number of fused-ring (bicyclic) bond motifs is 1. The van der Waals surface area contributed by atoms with E-state index in [0.717, 1.165) is 47.1 Å². The smallest absolute Gasteiger partial charge is 0.216 e. The zero-order chi connectivity index (χ0) is 16.4. The van der Waals surface area contributed by atoms with E-state index in [0.29, 0.717) is 6.54 Å². The third kappa shape index (κ3) is 2.76. The molecule has 0 aliphatic heterocycles. The van der Waals surface area contributed by atoms with Crippen LogP contribution < -0.4 is 10.1 Å². The molecule has 0 spiro atoms. The Morgan fingerprint density at radius 3 is 2.78 bits per heavy atom. The van der Waals surface area contributed by atoms with E-state index in [1.165, 1.54) is 0 Å². The average molecular weight is 313 g/mol. The van der Waals surface area contributed by atoms with Gasteiger partial charge in [-0.05, 0) is 25.5 Å². The Morgan fingerprint density at radius 2 is 2.04 bits per heavy atom. The van der Waals surface area contributed by atoms with E-state index < -0.39 is 0 Å². The van der Waals surface area contributed by atoms with Crippen molar-refractivity contribution in [2.75, 3.05) is 12.4 Å². The average Bonchev–Trinajstić information content (AvgIpc) is 3.02. The fourth-order valence-electron chi connectivity index (χ4n) is 2.97. The number of hydrogen-bond donors (Lipinski definition) is 1. The van der Waals surface area contributed by atoms with Crippen molar-refractivity contribution in [3.8, 4) is 5.88 Å². The molecular weight excluding hydrogens is 290 g/mol. The Labute approximate surface area is 136 Å². The number of benzene rings is 1. The molecule has 6 nitrogen and oxygen atoms in total. The Hall–Kier alpha value is -2.50. The van der Waals surface area contributed by atoms with Crippen molar-refractivity contribution in [3.05, 3.63) is 35.5 Å². The maximum atomic E-state index is 5.46. The first-order valence-electron chi connectivity index (χ1n) is 7.91. The zero-order valence-corrected chi connectivity index (χ0v) is 14.1. The van der Waals surface area contributed by atoms with Gasteiger partial charge in [0.25, 0.3) is 0 Å². The molecule has 2 heterocycles. The summed E-state index contributed by atoms with van der Waals surface area (Å²) in [4.78, 5) is 4.72. The molecule has 6 heteroatoms. The molecule has 0 aliphatic rings. The molecule has 0 bridgehead atoms. The van der Waals surface area contributed by atoms with Gasteiger partial charge >= 0.3 is 0 Å². The number of nitrogens with zero attached hydrogens (tertiary/aromatic N) is 4. The molecule has 0 aliphatic carbocycles. The molecule has 0 atom stereocenters. The van der Waals surface area contributed by atoms with Crippen LogP contribution in [0.25, 0.3) is 11.0 Å². The first-order chi connectivity index (χ1) is 11.2. The van der Waals surface area contributed by atoms with Crippen LogP contribution in [0, 0.1) is 6.92 Å². The van der Waals surface area contributed by atoms with Gasteiger partial charge in [-0.15, -0.1) is 0 Å². The van der Waals surface area contributed by atoms with Gasteiger partial charge in [0.1, 0.15) is 0 Å². The molecule has 0 amide bonds. The summed E-state index contributed by atoms with van der Waals surface area (Å²) >= 11 is 0. The van der Waals surface area contributed by atoms with Crippen molar-refractivity contribution in [2.24, 2.45) is 7.05 Å². The quantitative estimate of drug-likeness (QED) is 0.759. The minimum absolute atomic E-state index is 0.635. The summed E-state index contributed by atoms with van der Waals surface area (Å²) in [6.45, 7) is 5.74. The zero-order valence-electron chi connectivity index (χ0n) is 14.1. The van der Waals surface area contributed by atoms with Crippen LogP contribution in [0.3, 0.4) is 0 Å². The molecule has 0 saturated carbocycles. The van der Waals surface area contributed by atoms with E-state index in [-0.39, 0.29) is 0 Å². The number of hydrogen-bond acceptors (Lipinski definition) is 4. The van der Waals surface area contributed by atoms with Crippen molar-refractivity contribution in [1.29, 1.82) is 0 Å². The lowest BCUT2D eigenvalue weighted by molar-refractivity contribution is 0.369. The van der Waals surface area contributed by atoms with Gasteiger partial charge in [-0.3, -0.25) is 0 Å². The maximum Gasteiger partial charge on any atom is 0.216 e. The van der Waals surface area contributed by atoms with Gasteiger partial charge < -0.3 is 14.6 Å². The summed E-state index contributed by atoms with van der Waals surface area (Å²) in [6, 6.07) is 8.22. The standard InChI is InChI=1S/C17H23N5O/c1-5-10-22-15-9-7-6-8-14(15)19-17(22)18-11-13-12(2)20-21(3)16(13)23-4/h6-9H,5,10-11H2,1-4H3,(H,18,19). The van der Waals surface area contributed by atoms with Crippen LogP contribution in [-0.2, 0) is 20.1 Å². The van der Waals surface area contributed by atoms with Gasteiger partial charge in [0.05, 0.1) is 35.9 Å². The summed E-state index contributed by atoms with van der Waals surface area (Å²) < 4.78 is 9.45. The number of imidazole rings is 1. The number of anilines is 1. The number of rotatable bonds is 6. The van der Waals surface area contributed by atoms with E-state index in [2.05, 4.69) is 28.0 Å². The van der Waals surface area contributed by atoms with Crippen molar-refractivity contribution in [3.63, 3.8) is 0 Å². The van der Waals surface area contributed by atoms with Gasteiger partial charge in [-0.25, -0.2) is 9.67 Å². The lowest BCUT2D eigenvalue weighted by Crippen LogP contribution is -2.09. The van der Waals surface area contributed by atoms with E-state index in [4.69, 9.17) is 9.72 Å².